The molecule has 1 aliphatic heterocycles. The molecule has 2 N–H and O–H groups in total. The fraction of sp³-hybridized carbons (Fsp3) is 0.571. The number of rotatable bonds is 4. The van der Waals surface area contributed by atoms with Crippen LogP contribution in [0.15, 0.2) is 18.6 Å². The van der Waals surface area contributed by atoms with Crippen LogP contribution in [-0.4, -0.2) is 58.7 Å². The Balaban J connectivity index is 1.73. The average Bonchev–Trinajstić information content (AvgIpc) is 2.87. The molecule has 1 fully saturated rings. The molecule has 2 aromatic heterocycles. The van der Waals surface area contributed by atoms with Crippen molar-refractivity contribution < 1.29 is 0 Å². The second-order valence-electron chi connectivity index (χ2n) is 5.33. The second kappa shape index (κ2) is 5.76. The van der Waals surface area contributed by atoms with Crippen LogP contribution in [0.2, 0.25) is 0 Å². The summed E-state index contributed by atoms with van der Waals surface area (Å²) in [5, 5.41) is 0. The maximum absolute atomic E-state index is 5.57. The number of aryl methyl sites for hydroxylation is 1. The minimum absolute atomic E-state index is 0.773. The molecule has 0 bridgehead atoms. The zero-order valence-corrected chi connectivity index (χ0v) is 12.0. The molecular formula is C14H22N6. The number of nitrogens with zero attached hydrogens (tertiary/aromatic N) is 5. The van der Waals surface area contributed by atoms with E-state index in [2.05, 4.69) is 19.8 Å². The summed E-state index contributed by atoms with van der Waals surface area (Å²) in [6.45, 7) is 6.04. The van der Waals surface area contributed by atoms with Crippen molar-refractivity contribution in [2.24, 2.45) is 12.8 Å². The van der Waals surface area contributed by atoms with Crippen LogP contribution in [0.4, 0.5) is 5.82 Å². The summed E-state index contributed by atoms with van der Waals surface area (Å²) < 4.78 is 2.04. The molecular weight excluding hydrogens is 252 g/mol. The lowest BCUT2D eigenvalue weighted by atomic mass is 10.2. The molecule has 0 aromatic carbocycles. The van der Waals surface area contributed by atoms with Gasteiger partial charge in [-0.25, -0.2) is 9.97 Å². The minimum Gasteiger partial charge on any atom is -0.352 e. The van der Waals surface area contributed by atoms with E-state index < -0.39 is 0 Å². The Bertz CT molecular complexity index is 570. The molecule has 3 heterocycles. The van der Waals surface area contributed by atoms with Gasteiger partial charge in [0.2, 0.25) is 0 Å². The Labute approximate surface area is 119 Å². The molecule has 20 heavy (non-hydrogen) atoms. The van der Waals surface area contributed by atoms with E-state index in [0.717, 1.165) is 62.5 Å². The topological polar surface area (TPSA) is 63.2 Å². The highest BCUT2D eigenvalue weighted by Crippen LogP contribution is 2.23. The average molecular weight is 274 g/mol. The molecule has 108 valence electrons. The van der Waals surface area contributed by atoms with Crippen LogP contribution < -0.4 is 10.6 Å². The van der Waals surface area contributed by atoms with Crippen LogP contribution in [0.3, 0.4) is 0 Å². The summed E-state index contributed by atoms with van der Waals surface area (Å²) in [7, 11) is 2.02. The summed E-state index contributed by atoms with van der Waals surface area (Å²) >= 11 is 0. The van der Waals surface area contributed by atoms with Crippen LogP contribution >= 0.6 is 0 Å². The van der Waals surface area contributed by atoms with Crippen molar-refractivity contribution in [2.75, 3.05) is 44.2 Å². The first kappa shape index (κ1) is 13.3. The number of hydrogen-bond acceptors (Lipinski definition) is 5. The lowest BCUT2D eigenvalue weighted by molar-refractivity contribution is 0.256. The van der Waals surface area contributed by atoms with Crippen LogP contribution in [0.1, 0.15) is 6.42 Å². The molecule has 0 unspecified atom stereocenters. The number of nitrogens with two attached hydrogens (primary N) is 1. The Morgan fingerprint density at radius 1 is 1.20 bits per heavy atom. The molecule has 0 spiro atoms. The quantitative estimate of drug-likeness (QED) is 0.876. The number of aromatic nitrogens is 3. The number of imidazole rings is 1. The third-order valence-corrected chi connectivity index (χ3v) is 3.97. The van der Waals surface area contributed by atoms with Gasteiger partial charge in [0.05, 0.1) is 11.8 Å². The molecule has 0 aliphatic carbocycles. The third-order valence-electron chi connectivity index (χ3n) is 3.97. The lowest BCUT2D eigenvalue weighted by Crippen LogP contribution is -2.47. The first-order valence-electron chi connectivity index (χ1n) is 7.23. The van der Waals surface area contributed by atoms with Crippen LogP contribution in [-0.2, 0) is 7.05 Å². The van der Waals surface area contributed by atoms with Gasteiger partial charge in [0.25, 0.3) is 0 Å². The SMILES string of the molecule is Cn1cnc2c(N3CCN(CCCN)CC3)nccc21. The minimum atomic E-state index is 0.773. The monoisotopic (exact) mass is 274 g/mol. The Morgan fingerprint density at radius 3 is 2.75 bits per heavy atom. The first-order valence-corrected chi connectivity index (χ1v) is 7.23. The highest BCUT2D eigenvalue weighted by Gasteiger charge is 2.20. The van der Waals surface area contributed by atoms with Crippen molar-refractivity contribution >= 4 is 16.9 Å². The van der Waals surface area contributed by atoms with E-state index in [4.69, 9.17) is 5.73 Å². The van der Waals surface area contributed by atoms with Crippen molar-refractivity contribution in [1.82, 2.24) is 19.4 Å². The molecule has 1 aliphatic rings. The molecule has 2 aromatic rings. The maximum Gasteiger partial charge on any atom is 0.156 e. The number of hydrogen-bond donors (Lipinski definition) is 1. The maximum atomic E-state index is 5.57. The normalized spacial score (nSPS) is 17.0. The first-order chi connectivity index (χ1) is 9.79. The smallest absolute Gasteiger partial charge is 0.156 e. The predicted octanol–water partition coefficient (Wildman–Crippen LogP) is 0.439. The van der Waals surface area contributed by atoms with E-state index in [1.165, 1.54) is 0 Å². The second-order valence-corrected chi connectivity index (χ2v) is 5.33. The van der Waals surface area contributed by atoms with E-state index in [1.54, 1.807) is 0 Å². The fourth-order valence-electron chi connectivity index (χ4n) is 2.78. The summed E-state index contributed by atoms with van der Waals surface area (Å²) in [6, 6.07) is 2.02. The van der Waals surface area contributed by atoms with Gasteiger partial charge in [-0.15, -0.1) is 0 Å². The van der Waals surface area contributed by atoms with E-state index >= 15 is 0 Å². The Morgan fingerprint density at radius 2 is 2.00 bits per heavy atom. The van der Waals surface area contributed by atoms with Gasteiger partial charge >= 0.3 is 0 Å². The molecule has 3 rings (SSSR count). The van der Waals surface area contributed by atoms with E-state index in [1.807, 2.05) is 30.2 Å². The van der Waals surface area contributed by atoms with Gasteiger partial charge in [0.15, 0.2) is 5.82 Å². The summed E-state index contributed by atoms with van der Waals surface area (Å²) in [6.07, 6.45) is 4.81. The van der Waals surface area contributed by atoms with Gasteiger partial charge in [0, 0.05) is 39.4 Å². The van der Waals surface area contributed by atoms with Gasteiger partial charge in [0.1, 0.15) is 5.52 Å². The number of fused-ring (bicyclic) bond motifs is 1. The fourth-order valence-corrected chi connectivity index (χ4v) is 2.78. The zero-order chi connectivity index (χ0) is 13.9. The van der Waals surface area contributed by atoms with Crippen LogP contribution in [0.25, 0.3) is 11.0 Å². The van der Waals surface area contributed by atoms with Crippen molar-refractivity contribution in [3.05, 3.63) is 18.6 Å². The highest BCUT2D eigenvalue weighted by atomic mass is 15.3. The van der Waals surface area contributed by atoms with Crippen LogP contribution in [0.5, 0.6) is 0 Å². The van der Waals surface area contributed by atoms with E-state index in [0.29, 0.717) is 0 Å². The van der Waals surface area contributed by atoms with Gasteiger partial charge < -0.3 is 15.2 Å². The molecule has 1 saturated heterocycles. The van der Waals surface area contributed by atoms with Crippen molar-refractivity contribution in [2.45, 2.75) is 6.42 Å². The standard InChI is InChI=1S/C14H22N6/c1-18-11-17-13-12(18)3-5-16-14(13)20-9-7-19(8-10-20)6-2-4-15/h3,5,11H,2,4,6-10,15H2,1H3. The number of anilines is 1. The molecule has 6 nitrogen and oxygen atoms in total. The molecule has 0 atom stereocenters. The molecule has 0 saturated carbocycles. The molecule has 0 amide bonds. The van der Waals surface area contributed by atoms with Gasteiger partial charge in [-0.05, 0) is 25.6 Å². The summed E-state index contributed by atoms with van der Waals surface area (Å²) in [5.74, 6) is 1.02. The summed E-state index contributed by atoms with van der Waals surface area (Å²) in [4.78, 5) is 13.8. The Kier molecular flexibility index (Phi) is 3.84. The predicted molar refractivity (Wildman–Crippen MR) is 80.8 cm³/mol. The number of pyridine rings is 1. The van der Waals surface area contributed by atoms with E-state index in [-0.39, 0.29) is 0 Å². The van der Waals surface area contributed by atoms with Crippen molar-refractivity contribution in [1.29, 1.82) is 0 Å². The zero-order valence-electron chi connectivity index (χ0n) is 12.0. The highest BCUT2D eigenvalue weighted by molar-refractivity contribution is 5.86. The largest absolute Gasteiger partial charge is 0.352 e. The van der Waals surface area contributed by atoms with Gasteiger partial charge in [-0.1, -0.05) is 0 Å². The third kappa shape index (κ3) is 2.48. The van der Waals surface area contributed by atoms with Crippen molar-refractivity contribution in [3.8, 4) is 0 Å². The van der Waals surface area contributed by atoms with E-state index in [9.17, 15) is 0 Å². The number of piperazine rings is 1. The Hall–Kier alpha value is -1.66. The molecule has 0 radical (unpaired) electrons. The van der Waals surface area contributed by atoms with Crippen molar-refractivity contribution in [3.63, 3.8) is 0 Å². The summed E-state index contributed by atoms with van der Waals surface area (Å²) in [5.41, 5.74) is 7.72. The van der Waals surface area contributed by atoms with Gasteiger partial charge in [-0.2, -0.15) is 0 Å². The van der Waals surface area contributed by atoms with Gasteiger partial charge in [-0.3, -0.25) is 4.90 Å². The van der Waals surface area contributed by atoms with Crippen LogP contribution in [0, 0.1) is 0 Å². The lowest BCUT2D eigenvalue weighted by Gasteiger charge is -2.35. The molecule has 6 heteroatoms.